The number of rotatable bonds is 4. The molecule has 0 bridgehead atoms. The lowest BCUT2D eigenvalue weighted by Gasteiger charge is -2.29. The van der Waals surface area contributed by atoms with E-state index in [4.69, 9.17) is 0 Å². The molecular weight excluding hydrogens is 350 g/mol. The highest BCUT2D eigenvalue weighted by Gasteiger charge is 2.23. The molecule has 1 saturated carbocycles. The van der Waals surface area contributed by atoms with Crippen molar-refractivity contribution in [1.29, 1.82) is 0 Å². The topological polar surface area (TPSA) is 66.9 Å². The minimum Gasteiger partial charge on any atom is -0.351 e. The van der Waals surface area contributed by atoms with Crippen molar-refractivity contribution in [2.24, 2.45) is 0 Å². The van der Waals surface area contributed by atoms with Gasteiger partial charge in [-0.25, -0.2) is 18.7 Å². The Kier molecular flexibility index (Phi) is 6.64. The highest BCUT2D eigenvalue weighted by molar-refractivity contribution is 5.94. The molecule has 0 aliphatic heterocycles. The van der Waals surface area contributed by atoms with Crippen molar-refractivity contribution < 1.29 is 13.6 Å². The third-order valence-electron chi connectivity index (χ3n) is 4.14. The monoisotopic (exact) mass is 368 g/mol. The van der Waals surface area contributed by atoms with E-state index in [0.717, 1.165) is 37.8 Å². The number of anilines is 1. The Bertz CT molecular complexity index is 709. The fraction of sp³-hybridized carbons (Fsp3) is 0.353. The third kappa shape index (κ3) is 5.09. The van der Waals surface area contributed by atoms with Crippen LogP contribution in [-0.2, 0) is 0 Å². The van der Waals surface area contributed by atoms with Crippen LogP contribution in [-0.4, -0.2) is 28.0 Å². The molecule has 1 aliphatic carbocycles. The maximum atomic E-state index is 13.2. The van der Waals surface area contributed by atoms with Gasteiger partial charge in [-0.05, 0) is 49.9 Å². The quantitative estimate of drug-likeness (QED) is 0.868. The molecule has 1 aliphatic rings. The number of halogens is 3. The highest BCUT2D eigenvalue weighted by Crippen LogP contribution is 2.21. The molecular formula is C17H19ClF2N4O. The Morgan fingerprint density at radius 2 is 1.64 bits per heavy atom. The summed E-state index contributed by atoms with van der Waals surface area (Å²) in [4.78, 5) is 20.4. The largest absolute Gasteiger partial charge is 0.351 e. The maximum absolute atomic E-state index is 13.2. The zero-order valence-corrected chi connectivity index (χ0v) is 14.2. The summed E-state index contributed by atoms with van der Waals surface area (Å²) in [6.07, 6.45) is 6.73. The molecule has 25 heavy (non-hydrogen) atoms. The van der Waals surface area contributed by atoms with E-state index in [-0.39, 0.29) is 36.0 Å². The maximum Gasteiger partial charge on any atom is 0.251 e. The van der Waals surface area contributed by atoms with E-state index in [1.165, 1.54) is 6.07 Å². The van der Waals surface area contributed by atoms with Gasteiger partial charge in [-0.3, -0.25) is 4.79 Å². The molecule has 0 radical (unpaired) electrons. The Morgan fingerprint density at radius 1 is 1.00 bits per heavy atom. The van der Waals surface area contributed by atoms with Gasteiger partial charge in [0.2, 0.25) is 5.95 Å². The summed E-state index contributed by atoms with van der Waals surface area (Å²) in [6, 6.07) is 5.23. The average molecular weight is 369 g/mol. The van der Waals surface area contributed by atoms with Crippen molar-refractivity contribution in [3.05, 3.63) is 53.9 Å². The van der Waals surface area contributed by atoms with Crippen LogP contribution in [0.2, 0.25) is 0 Å². The van der Waals surface area contributed by atoms with E-state index < -0.39 is 11.6 Å². The van der Waals surface area contributed by atoms with Crippen molar-refractivity contribution in [2.75, 3.05) is 5.32 Å². The number of nitrogens with zero attached hydrogens (tertiary/aromatic N) is 2. The summed E-state index contributed by atoms with van der Waals surface area (Å²) >= 11 is 0. The Balaban J connectivity index is 0.00000225. The Labute approximate surface area is 150 Å². The molecule has 0 spiro atoms. The van der Waals surface area contributed by atoms with Crippen LogP contribution in [0.25, 0.3) is 0 Å². The SMILES string of the molecule is Cl.O=C(N[C@H]1CC[C@@H](Nc2ncccn2)CC1)c1ccc(F)c(F)c1. The van der Waals surface area contributed by atoms with E-state index in [1.54, 1.807) is 18.5 Å². The molecule has 2 aromatic rings. The molecule has 3 rings (SSSR count). The van der Waals surface area contributed by atoms with Crippen LogP contribution in [0.4, 0.5) is 14.7 Å². The third-order valence-corrected chi connectivity index (χ3v) is 4.14. The summed E-state index contributed by atoms with van der Waals surface area (Å²) in [5.41, 5.74) is 0.131. The van der Waals surface area contributed by atoms with Crippen LogP contribution in [0.3, 0.4) is 0 Å². The van der Waals surface area contributed by atoms with Gasteiger partial charge in [-0.2, -0.15) is 0 Å². The van der Waals surface area contributed by atoms with Crippen molar-refractivity contribution >= 4 is 24.3 Å². The average Bonchev–Trinajstić information content (AvgIpc) is 2.60. The fourth-order valence-corrected chi connectivity index (χ4v) is 2.84. The summed E-state index contributed by atoms with van der Waals surface area (Å²) < 4.78 is 26.1. The van der Waals surface area contributed by atoms with Gasteiger partial charge in [0.25, 0.3) is 5.91 Å². The van der Waals surface area contributed by atoms with Crippen LogP contribution in [0.5, 0.6) is 0 Å². The molecule has 1 heterocycles. The molecule has 1 amide bonds. The summed E-state index contributed by atoms with van der Waals surface area (Å²) in [6.45, 7) is 0. The normalized spacial score (nSPS) is 19.6. The summed E-state index contributed by atoms with van der Waals surface area (Å²) in [5, 5.41) is 6.15. The Hall–Kier alpha value is -2.28. The number of hydrogen-bond donors (Lipinski definition) is 2. The molecule has 0 unspecified atom stereocenters. The second-order valence-corrected chi connectivity index (χ2v) is 5.87. The first kappa shape index (κ1) is 19.1. The van der Waals surface area contributed by atoms with Gasteiger partial charge < -0.3 is 10.6 Å². The van der Waals surface area contributed by atoms with E-state index >= 15 is 0 Å². The fourth-order valence-electron chi connectivity index (χ4n) is 2.84. The van der Waals surface area contributed by atoms with E-state index in [0.29, 0.717) is 5.95 Å². The second-order valence-electron chi connectivity index (χ2n) is 5.87. The predicted octanol–water partition coefficient (Wildman–Crippen LogP) is 3.33. The summed E-state index contributed by atoms with van der Waals surface area (Å²) in [5.74, 6) is -1.75. The number of nitrogens with one attached hydrogen (secondary N) is 2. The van der Waals surface area contributed by atoms with Gasteiger partial charge in [0.05, 0.1) is 0 Å². The zero-order chi connectivity index (χ0) is 16.9. The van der Waals surface area contributed by atoms with Crippen LogP contribution < -0.4 is 10.6 Å². The van der Waals surface area contributed by atoms with Gasteiger partial charge in [-0.1, -0.05) is 0 Å². The van der Waals surface area contributed by atoms with Crippen LogP contribution in [0, 0.1) is 11.6 Å². The number of carbonyl (C=O) groups excluding carboxylic acids is 1. The van der Waals surface area contributed by atoms with Crippen LogP contribution in [0.15, 0.2) is 36.7 Å². The molecule has 0 saturated heterocycles. The van der Waals surface area contributed by atoms with Gasteiger partial charge in [-0.15, -0.1) is 12.4 Å². The zero-order valence-electron chi connectivity index (χ0n) is 13.4. The molecule has 134 valence electrons. The standard InChI is InChI=1S/C17H18F2N4O.ClH/c18-14-7-2-11(10-15(14)19)16(24)22-12-3-5-13(6-4-12)23-17-20-8-1-9-21-17;/h1-2,7-10,12-13H,3-6H2,(H,22,24)(H,20,21,23);1H/t12-,13+;. The molecule has 1 aromatic carbocycles. The lowest BCUT2D eigenvalue weighted by atomic mass is 9.91. The van der Waals surface area contributed by atoms with E-state index in [2.05, 4.69) is 20.6 Å². The molecule has 1 aromatic heterocycles. The first-order valence-corrected chi connectivity index (χ1v) is 7.91. The van der Waals surface area contributed by atoms with Crippen molar-refractivity contribution in [2.45, 2.75) is 37.8 Å². The molecule has 2 N–H and O–H groups in total. The second kappa shape index (κ2) is 8.71. The minimum absolute atomic E-state index is 0. The lowest BCUT2D eigenvalue weighted by molar-refractivity contribution is 0.0926. The highest BCUT2D eigenvalue weighted by atomic mass is 35.5. The van der Waals surface area contributed by atoms with Crippen LogP contribution >= 0.6 is 12.4 Å². The molecule has 5 nitrogen and oxygen atoms in total. The molecule has 0 atom stereocenters. The van der Waals surface area contributed by atoms with Gasteiger partial charge in [0, 0.05) is 30.0 Å². The Morgan fingerprint density at radius 3 is 2.28 bits per heavy atom. The first-order valence-electron chi connectivity index (χ1n) is 7.91. The number of amides is 1. The number of hydrogen-bond acceptors (Lipinski definition) is 4. The van der Waals surface area contributed by atoms with E-state index in [9.17, 15) is 13.6 Å². The molecule has 8 heteroatoms. The predicted molar refractivity (Wildman–Crippen MR) is 92.8 cm³/mol. The lowest BCUT2D eigenvalue weighted by Crippen LogP contribution is -2.40. The van der Waals surface area contributed by atoms with Crippen molar-refractivity contribution in [3.8, 4) is 0 Å². The van der Waals surface area contributed by atoms with Crippen LogP contribution in [0.1, 0.15) is 36.0 Å². The van der Waals surface area contributed by atoms with Gasteiger partial charge in [0.1, 0.15) is 0 Å². The number of benzene rings is 1. The number of carbonyl (C=O) groups is 1. The first-order chi connectivity index (χ1) is 11.6. The van der Waals surface area contributed by atoms with Gasteiger partial charge in [0.15, 0.2) is 11.6 Å². The van der Waals surface area contributed by atoms with Crippen molar-refractivity contribution in [1.82, 2.24) is 15.3 Å². The molecule has 1 fully saturated rings. The smallest absolute Gasteiger partial charge is 0.251 e. The number of aromatic nitrogens is 2. The van der Waals surface area contributed by atoms with Crippen molar-refractivity contribution in [3.63, 3.8) is 0 Å². The van der Waals surface area contributed by atoms with E-state index in [1.807, 2.05) is 0 Å². The minimum atomic E-state index is -1.02. The van der Waals surface area contributed by atoms with Gasteiger partial charge >= 0.3 is 0 Å². The summed E-state index contributed by atoms with van der Waals surface area (Å²) in [7, 11) is 0.